The van der Waals surface area contributed by atoms with Crippen molar-refractivity contribution < 1.29 is 21.5 Å². The zero-order valence-corrected chi connectivity index (χ0v) is 10.3. The summed E-state index contributed by atoms with van der Waals surface area (Å²) in [6.45, 7) is 1.64. The highest BCUT2D eigenvalue weighted by atomic mass is 32.3. The van der Waals surface area contributed by atoms with Crippen molar-refractivity contribution in [2.24, 2.45) is 0 Å². The molecule has 1 atom stereocenters. The summed E-state index contributed by atoms with van der Waals surface area (Å²) in [5.41, 5.74) is 0.589. The molecule has 0 aliphatic carbocycles. The monoisotopic (exact) mass is 279 g/mol. The fraction of sp³-hybridized carbons (Fsp3) is 0.250. The molecule has 9 heteroatoms. The Balaban J connectivity index is 2.70. The van der Waals surface area contributed by atoms with E-state index in [1.54, 1.807) is 6.92 Å². The molecule has 0 fully saturated rings. The first kappa shape index (κ1) is 13.9. The second-order valence-corrected chi connectivity index (χ2v) is 5.38. The van der Waals surface area contributed by atoms with Gasteiger partial charge in [-0.1, -0.05) is 12.1 Å². The van der Waals surface area contributed by atoms with Gasteiger partial charge in [0.25, 0.3) is 5.69 Å². The van der Waals surface area contributed by atoms with Gasteiger partial charge < -0.3 is 0 Å². The number of hydrogen-bond donors (Lipinski definition) is 1. The number of rotatable bonds is 5. The molecule has 1 rings (SSSR count). The molecule has 1 N–H and O–H groups in total. The molecule has 7 nitrogen and oxygen atoms in total. The van der Waals surface area contributed by atoms with E-state index in [9.17, 15) is 18.5 Å². The molecule has 1 unspecified atom stereocenters. The Bertz CT molecular complexity index is 497. The lowest BCUT2D eigenvalue weighted by molar-refractivity contribution is -0.384. The smallest absolute Gasteiger partial charge is 0.263 e. The molecule has 94 valence electrons. The van der Waals surface area contributed by atoms with Crippen LogP contribution in [0.1, 0.15) is 17.7 Å². The van der Waals surface area contributed by atoms with E-state index < -0.39 is 20.6 Å². The summed E-state index contributed by atoms with van der Waals surface area (Å²) >= 11 is 0.543. The van der Waals surface area contributed by atoms with Gasteiger partial charge in [-0.2, -0.15) is 12.0 Å². The van der Waals surface area contributed by atoms with Crippen molar-refractivity contribution in [3.05, 3.63) is 39.9 Å². The lowest BCUT2D eigenvalue weighted by atomic mass is 10.1. The van der Waals surface area contributed by atoms with Crippen molar-refractivity contribution in [2.45, 2.75) is 12.2 Å². The maximum absolute atomic E-state index is 10.4. The van der Waals surface area contributed by atoms with Crippen LogP contribution in [0.4, 0.5) is 5.69 Å². The average molecular weight is 279 g/mol. The van der Waals surface area contributed by atoms with Gasteiger partial charge in [-0.25, -0.2) is 0 Å². The van der Waals surface area contributed by atoms with Crippen LogP contribution in [0.3, 0.4) is 0 Å². The number of nitrogens with zero attached hydrogens (tertiary/aromatic N) is 1. The number of benzene rings is 1. The first-order valence-corrected chi connectivity index (χ1v) is 6.53. The van der Waals surface area contributed by atoms with Crippen LogP contribution in [0, 0.1) is 10.1 Å². The van der Waals surface area contributed by atoms with Crippen LogP contribution in [0.5, 0.6) is 0 Å². The maximum Gasteiger partial charge on any atom is 0.408 e. The Morgan fingerprint density at radius 1 is 1.41 bits per heavy atom. The average Bonchev–Trinajstić information content (AvgIpc) is 2.25. The molecule has 0 amide bonds. The van der Waals surface area contributed by atoms with E-state index in [0.717, 1.165) is 0 Å². The molecule has 0 heterocycles. The summed E-state index contributed by atoms with van der Waals surface area (Å²) in [5.74, 6) is 0. The van der Waals surface area contributed by atoms with Crippen molar-refractivity contribution in [3.63, 3.8) is 0 Å². The minimum atomic E-state index is -4.49. The van der Waals surface area contributed by atoms with Gasteiger partial charge >= 0.3 is 10.4 Å². The normalized spacial score (nSPS) is 13.3. The van der Waals surface area contributed by atoms with Crippen LogP contribution in [0.25, 0.3) is 0 Å². The molecule has 1 aromatic carbocycles. The van der Waals surface area contributed by atoms with Crippen LogP contribution in [0.2, 0.25) is 0 Å². The van der Waals surface area contributed by atoms with Gasteiger partial charge in [0.15, 0.2) is 0 Å². The van der Waals surface area contributed by atoms with Crippen LogP contribution in [0.15, 0.2) is 24.3 Å². The number of nitro benzene ring substituents is 1. The Hall–Kier alpha value is -1.16. The summed E-state index contributed by atoms with van der Waals surface area (Å²) in [6.07, 6.45) is 0. The van der Waals surface area contributed by atoms with Crippen molar-refractivity contribution in [3.8, 4) is 0 Å². The quantitative estimate of drug-likeness (QED) is 0.380. The summed E-state index contributed by atoms with van der Waals surface area (Å²) in [4.78, 5) is 9.87. The molecule has 17 heavy (non-hydrogen) atoms. The number of non-ortho nitro benzene ring substituents is 1. The molecular weight excluding hydrogens is 270 g/mol. The van der Waals surface area contributed by atoms with Crippen LogP contribution < -0.4 is 0 Å². The van der Waals surface area contributed by atoms with Gasteiger partial charge in [0.2, 0.25) is 0 Å². The van der Waals surface area contributed by atoms with Gasteiger partial charge in [0.1, 0.15) is 0 Å². The Morgan fingerprint density at radius 3 is 2.35 bits per heavy atom. The van der Waals surface area contributed by atoms with Gasteiger partial charge in [-0.3, -0.25) is 14.7 Å². The predicted octanol–water partition coefficient (Wildman–Crippen LogP) is 2.12. The molecule has 0 saturated heterocycles. The predicted molar refractivity (Wildman–Crippen MR) is 61.7 cm³/mol. The standard InChI is InChI=1S/C8H9NO6S2/c1-6(16-15-17(12,13)14)7-2-4-8(5-3-7)9(10)11/h2-6H,1H3,(H,12,13,14). The van der Waals surface area contributed by atoms with E-state index in [4.69, 9.17) is 4.55 Å². The van der Waals surface area contributed by atoms with Gasteiger partial charge in [-0.15, -0.1) is 0 Å². The highest BCUT2D eigenvalue weighted by Gasteiger charge is 2.14. The van der Waals surface area contributed by atoms with Gasteiger partial charge in [0, 0.05) is 24.2 Å². The third kappa shape index (κ3) is 4.69. The van der Waals surface area contributed by atoms with Crippen molar-refractivity contribution in [2.75, 3.05) is 0 Å². The van der Waals surface area contributed by atoms with E-state index in [0.29, 0.717) is 17.6 Å². The highest BCUT2D eigenvalue weighted by Crippen LogP contribution is 2.30. The molecule has 1 aromatic rings. The maximum atomic E-state index is 10.4. The number of hydrogen-bond acceptors (Lipinski definition) is 6. The Morgan fingerprint density at radius 2 is 1.94 bits per heavy atom. The zero-order valence-electron chi connectivity index (χ0n) is 8.64. The van der Waals surface area contributed by atoms with Crippen LogP contribution in [-0.4, -0.2) is 17.9 Å². The second kappa shape index (κ2) is 5.45. The first-order chi connectivity index (χ1) is 7.79. The van der Waals surface area contributed by atoms with E-state index in [-0.39, 0.29) is 5.69 Å². The largest absolute Gasteiger partial charge is 0.408 e. The summed E-state index contributed by atoms with van der Waals surface area (Å²) in [5, 5.41) is 10.0. The Kier molecular flexibility index (Phi) is 4.46. The molecule has 0 aromatic heterocycles. The minimum Gasteiger partial charge on any atom is -0.263 e. The Labute approximate surface area is 102 Å². The zero-order chi connectivity index (χ0) is 13.1. The number of nitro groups is 1. The molecule has 0 aliphatic heterocycles. The third-order valence-electron chi connectivity index (χ3n) is 1.84. The summed E-state index contributed by atoms with van der Waals surface area (Å²) in [7, 11) is -4.49. The minimum absolute atomic E-state index is 0.0540. The van der Waals surface area contributed by atoms with Gasteiger partial charge in [0.05, 0.1) is 10.2 Å². The van der Waals surface area contributed by atoms with Crippen molar-refractivity contribution in [1.29, 1.82) is 0 Å². The molecule has 0 spiro atoms. The molecule has 0 aliphatic rings. The SMILES string of the molecule is CC(SOS(=O)(=O)O)c1ccc([N+](=O)[O-])cc1. The third-order valence-corrected chi connectivity index (χ3v) is 3.41. The van der Waals surface area contributed by atoms with Crippen molar-refractivity contribution in [1.82, 2.24) is 0 Å². The first-order valence-electron chi connectivity index (χ1n) is 4.36. The van der Waals surface area contributed by atoms with E-state index >= 15 is 0 Å². The van der Waals surface area contributed by atoms with Crippen LogP contribution in [-0.2, 0) is 14.0 Å². The molecule has 0 saturated carbocycles. The molecular formula is C8H9NO6S2. The summed E-state index contributed by atoms with van der Waals surface area (Å²) in [6, 6.07) is 5.59. The fourth-order valence-electron chi connectivity index (χ4n) is 1.03. The topological polar surface area (TPSA) is 107 Å². The van der Waals surface area contributed by atoms with Crippen molar-refractivity contribution >= 4 is 28.1 Å². The van der Waals surface area contributed by atoms with E-state index in [2.05, 4.69) is 3.63 Å². The summed E-state index contributed by atoms with van der Waals surface area (Å²) < 4.78 is 33.2. The fourth-order valence-corrected chi connectivity index (χ4v) is 2.17. The lowest BCUT2D eigenvalue weighted by Gasteiger charge is -2.08. The van der Waals surface area contributed by atoms with Crippen LogP contribution >= 0.6 is 12.0 Å². The van der Waals surface area contributed by atoms with E-state index in [1.165, 1.54) is 24.3 Å². The van der Waals surface area contributed by atoms with E-state index in [1.807, 2.05) is 0 Å². The van der Waals surface area contributed by atoms with Gasteiger partial charge in [-0.05, 0) is 12.5 Å². The lowest BCUT2D eigenvalue weighted by Crippen LogP contribution is -1.99. The molecule has 0 radical (unpaired) electrons. The molecule has 0 bridgehead atoms. The second-order valence-electron chi connectivity index (χ2n) is 3.08. The highest BCUT2D eigenvalue weighted by molar-refractivity contribution is 8.02.